The number of H-pyrrole nitrogens is 1. The maximum atomic E-state index is 15.2. The van der Waals surface area contributed by atoms with Crippen molar-refractivity contribution in [2.45, 2.75) is 26.7 Å². The van der Waals surface area contributed by atoms with Crippen LogP contribution >= 0.6 is 11.3 Å². The van der Waals surface area contributed by atoms with Crippen molar-refractivity contribution in [3.8, 4) is 16.9 Å². The van der Waals surface area contributed by atoms with Crippen LogP contribution in [0.15, 0.2) is 40.5 Å². The smallest absolute Gasteiger partial charge is 0.266 e. The van der Waals surface area contributed by atoms with Gasteiger partial charge in [0.05, 0.1) is 12.6 Å². The fourth-order valence-corrected chi connectivity index (χ4v) is 4.87. The number of nitrogens with two attached hydrogens (primary N) is 1. The molecule has 0 amide bonds. The number of benzene rings is 2. The summed E-state index contributed by atoms with van der Waals surface area (Å²) in [5.74, 6) is 0.577. The zero-order valence-corrected chi connectivity index (χ0v) is 18.3. The Labute approximate surface area is 178 Å². The first-order valence-corrected chi connectivity index (χ1v) is 10.9. The van der Waals surface area contributed by atoms with Crippen LogP contribution in [-0.2, 0) is 0 Å². The summed E-state index contributed by atoms with van der Waals surface area (Å²) in [6, 6.07) is 9.15. The average molecular weight is 425 g/mol. The first-order chi connectivity index (χ1) is 14.4. The second-order valence-corrected chi connectivity index (χ2v) is 8.79. The summed E-state index contributed by atoms with van der Waals surface area (Å²) in [5, 5.41) is 3.63. The molecule has 2 unspecified atom stereocenters. The molecule has 0 spiro atoms. The maximum Gasteiger partial charge on any atom is 0.266 e. The summed E-state index contributed by atoms with van der Waals surface area (Å²) < 4.78 is 21.5. The van der Waals surface area contributed by atoms with Crippen molar-refractivity contribution in [3.05, 3.63) is 63.0 Å². The number of fused-ring (bicyclic) bond motifs is 3. The molecule has 0 aliphatic carbocycles. The second kappa shape index (κ2) is 7.85. The average Bonchev–Trinajstić information content (AvgIpc) is 3.23. The van der Waals surface area contributed by atoms with Gasteiger partial charge in [0.2, 0.25) is 0 Å². The zero-order valence-electron chi connectivity index (χ0n) is 17.5. The van der Waals surface area contributed by atoms with Crippen LogP contribution in [0.25, 0.3) is 32.1 Å². The molecule has 4 nitrogen and oxygen atoms in total. The highest BCUT2D eigenvalue weighted by Crippen LogP contribution is 2.42. The fourth-order valence-electron chi connectivity index (χ4n) is 4.08. The number of aromatic amines is 1. The topological polar surface area (TPSA) is 68.1 Å². The molecule has 0 bridgehead atoms. The van der Waals surface area contributed by atoms with Crippen molar-refractivity contribution < 1.29 is 9.13 Å². The first-order valence-electron chi connectivity index (χ1n) is 9.98. The Morgan fingerprint density at radius 3 is 2.67 bits per heavy atom. The third kappa shape index (κ3) is 3.20. The molecule has 30 heavy (non-hydrogen) atoms. The molecule has 3 N–H and O–H groups in total. The lowest BCUT2D eigenvalue weighted by molar-refractivity contribution is 0.416. The van der Waals surface area contributed by atoms with Crippen LogP contribution in [0.2, 0.25) is 0 Å². The molecule has 0 saturated carbocycles. The van der Waals surface area contributed by atoms with E-state index in [0.29, 0.717) is 28.1 Å². The predicted molar refractivity (Wildman–Crippen MR) is 123 cm³/mol. The number of hydrogen-bond donors (Lipinski definition) is 2. The van der Waals surface area contributed by atoms with Crippen LogP contribution in [0.1, 0.15) is 30.9 Å². The van der Waals surface area contributed by atoms with Gasteiger partial charge >= 0.3 is 0 Å². The number of methoxy groups -OCH3 is 1. The maximum absolute atomic E-state index is 15.2. The van der Waals surface area contributed by atoms with Gasteiger partial charge in [-0.3, -0.25) is 4.79 Å². The van der Waals surface area contributed by atoms with Gasteiger partial charge in [0.15, 0.2) is 0 Å². The monoisotopic (exact) mass is 424 g/mol. The van der Waals surface area contributed by atoms with Crippen molar-refractivity contribution in [2.75, 3.05) is 13.7 Å². The van der Waals surface area contributed by atoms with E-state index >= 15 is 4.39 Å². The summed E-state index contributed by atoms with van der Waals surface area (Å²) in [6.07, 6.45) is 0. The van der Waals surface area contributed by atoms with Crippen LogP contribution in [0, 0.1) is 18.7 Å². The molecule has 4 aromatic rings. The quantitative estimate of drug-likeness (QED) is 0.440. The van der Waals surface area contributed by atoms with E-state index in [9.17, 15) is 4.79 Å². The van der Waals surface area contributed by atoms with Crippen LogP contribution in [0.3, 0.4) is 0 Å². The molecule has 2 heterocycles. The predicted octanol–water partition coefficient (Wildman–Crippen LogP) is 5.56. The summed E-state index contributed by atoms with van der Waals surface area (Å²) in [4.78, 5) is 15.5. The Balaban J connectivity index is 2.03. The van der Waals surface area contributed by atoms with Crippen LogP contribution in [0.4, 0.5) is 4.39 Å². The number of thiophene rings is 1. The zero-order chi connectivity index (χ0) is 21.6. The van der Waals surface area contributed by atoms with Gasteiger partial charge in [0.1, 0.15) is 16.3 Å². The molecular weight excluding hydrogens is 399 g/mol. The largest absolute Gasteiger partial charge is 0.496 e. The molecule has 0 aliphatic rings. The molecule has 2 aromatic heterocycles. The second-order valence-electron chi connectivity index (χ2n) is 7.88. The Morgan fingerprint density at radius 1 is 1.23 bits per heavy atom. The third-order valence-electron chi connectivity index (χ3n) is 6.09. The van der Waals surface area contributed by atoms with E-state index in [1.54, 1.807) is 13.2 Å². The van der Waals surface area contributed by atoms with E-state index in [4.69, 9.17) is 10.5 Å². The molecule has 2 aromatic carbocycles. The molecule has 6 heteroatoms. The van der Waals surface area contributed by atoms with Crippen LogP contribution in [0.5, 0.6) is 5.75 Å². The highest BCUT2D eigenvalue weighted by molar-refractivity contribution is 7.17. The Kier molecular flexibility index (Phi) is 5.38. The van der Waals surface area contributed by atoms with E-state index in [0.717, 1.165) is 27.4 Å². The fraction of sp³-hybridized carbons (Fsp3) is 0.292. The number of ether oxygens (including phenoxy) is 1. The molecule has 156 valence electrons. The highest BCUT2D eigenvalue weighted by Gasteiger charge is 2.21. The molecule has 2 atom stereocenters. The summed E-state index contributed by atoms with van der Waals surface area (Å²) in [5.41, 5.74) is 9.47. The van der Waals surface area contributed by atoms with Gasteiger partial charge in [-0.05, 0) is 65.6 Å². The SMILES string of the molecule is COc1cc(C)c2[nH]c(=O)c3sccc3c2c1-c1ccc(C(C)C(C)CN)c(F)c1. The van der Waals surface area contributed by atoms with Crippen molar-refractivity contribution >= 4 is 32.3 Å². The Bertz CT molecular complexity index is 1310. The molecule has 4 rings (SSSR count). The Morgan fingerprint density at radius 2 is 2.00 bits per heavy atom. The van der Waals surface area contributed by atoms with Gasteiger partial charge in [0.25, 0.3) is 5.56 Å². The van der Waals surface area contributed by atoms with Gasteiger partial charge in [-0.15, -0.1) is 11.3 Å². The number of pyridine rings is 1. The minimum Gasteiger partial charge on any atom is -0.496 e. The molecule has 0 radical (unpaired) electrons. The van der Waals surface area contributed by atoms with Gasteiger partial charge < -0.3 is 15.5 Å². The van der Waals surface area contributed by atoms with Crippen molar-refractivity contribution in [1.29, 1.82) is 0 Å². The van der Waals surface area contributed by atoms with Crippen molar-refractivity contribution in [3.63, 3.8) is 0 Å². The molecule has 0 fully saturated rings. The lowest BCUT2D eigenvalue weighted by Gasteiger charge is -2.20. The number of hydrogen-bond acceptors (Lipinski definition) is 4. The summed E-state index contributed by atoms with van der Waals surface area (Å²) in [6.45, 7) is 6.46. The van der Waals surface area contributed by atoms with E-state index in [1.165, 1.54) is 11.3 Å². The highest BCUT2D eigenvalue weighted by atomic mass is 32.1. The number of aromatic nitrogens is 1. The normalized spacial score (nSPS) is 13.7. The molecule has 0 aliphatic heterocycles. The number of rotatable bonds is 5. The Hall–Kier alpha value is -2.70. The van der Waals surface area contributed by atoms with E-state index < -0.39 is 0 Å². The minimum absolute atomic E-state index is 0.0145. The lowest BCUT2D eigenvalue weighted by Crippen LogP contribution is -2.17. The van der Waals surface area contributed by atoms with Gasteiger partial charge in [-0.1, -0.05) is 26.0 Å². The summed E-state index contributed by atoms with van der Waals surface area (Å²) in [7, 11) is 1.61. The molecular formula is C24H25FN2O2S. The van der Waals surface area contributed by atoms with Crippen LogP contribution < -0.4 is 16.0 Å². The summed E-state index contributed by atoms with van der Waals surface area (Å²) >= 11 is 1.40. The van der Waals surface area contributed by atoms with Gasteiger partial charge in [0, 0.05) is 16.3 Å². The van der Waals surface area contributed by atoms with Crippen LogP contribution in [-0.4, -0.2) is 18.6 Å². The van der Waals surface area contributed by atoms with Gasteiger partial charge in [-0.25, -0.2) is 4.39 Å². The number of nitrogens with one attached hydrogen (secondary N) is 1. The van der Waals surface area contributed by atoms with Crippen molar-refractivity contribution in [1.82, 2.24) is 4.98 Å². The standard InChI is InChI=1S/C24H25FN2O2S/c1-12-9-19(29-4)20(21-17-7-8-30-23(17)24(28)27-22(12)21)15-5-6-16(18(25)10-15)14(3)13(2)11-26/h5-10,13-14H,11,26H2,1-4H3,(H,27,28). The molecule has 0 saturated heterocycles. The third-order valence-corrected chi connectivity index (χ3v) is 7.01. The van der Waals surface area contributed by atoms with E-state index in [-0.39, 0.29) is 23.2 Å². The number of aryl methyl sites for hydroxylation is 1. The number of halogens is 1. The van der Waals surface area contributed by atoms with E-state index in [1.807, 2.05) is 50.4 Å². The minimum atomic E-state index is -0.262. The van der Waals surface area contributed by atoms with Crippen molar-refractivity contribution in [2.24, 2.45) is 11.7 Å². The van der Waals surface area contributed by atoms with E-state index in [2.05, 4.69) is 4.98 Å². The lowest BCUT2D eigenvalue weighted by atomic mass is 9.87. The van der Waals surface area contributed by atoms with Gasteiger partial charge in [-0.2, -0.15) is 0 Å². The first kappa shape index (κ1) is 20.6.